The number of amides is 1. The Morgan fingerprint density at radius 2 is 2.14 bits per heavy atom. The highest BCUT2D eigenvalue weighted by molar-refractivity contribution is 8.00. The van der Waals surface area contributed by atoms with Gasteiger partial charge in [0, 0.05) is 16.1 Å². The summed E-state index contributed by atoms with van der Waals surface area (Å²) >= 11 is 14.9. The SMILES string of the molecule is CC(Nc1ccccc1SCC(N)=O)c1cc(Cl)sc1Cl. The summed E-state index contributed by atoms with van der Waals surface area (Å²) in [5, 5.41) is 3.40. The minimum atomic E-state index is -0.337. The first-order chi connectivity index (χ1) is 9.97. The number of hydrogen-bond acceptors (Lipinski definition) is 4. The van der Waals surface area contributed by atoms with E-state index >= 15 is 0 Å². The van der Waals surface area contributed by atoms with Gasteiger partial charge in [-0.05, 0) is 25.1 Å². The fourth-order valence-corrected chi connectivity index (χ4v) is 4.22. The second-order valence-electron chi connectivity index (χ2n) is 4.40. The number of halogens is 2. The molecule has 0 fully saturated rings. The lowest BCUT2D eigenvalue weighted by molar-refractivity contribution is -0.115. The minimum absolute atomic E-state index is 0.0107. The topological polar surface area (TPSA) is 55.1 Å². The van der Waals surface area contributed by atoms with Gasteiger partial charge < -0.3 is 11.1 Å². The average Bonchev–Trinajstić information content (AvgIpc) is 2.76. The molecule has 2 rings (SSSR count). The second-order valence-corrected chi connectivity index (χ2v) is 7.70. The number of para-hydroxylation sites is 1. The van der Waals surface area contributed by atoms with Gasteiger partial charge in [0.2, 0.25) is 5.91 Å². The lowest BCUT2D eigenvalue weighted by Crippen LogP contribution is -2.13. The molecule has 1 unspecified atom stereocenters. The standard InChI is InChI=1S/C14H14Cl2N2OS2/c1-8(9-6-12(15)21-14(9)16)18-10-4-2-3-5-11(10)20-7-13(17)19/h2-6,8,18H,7H2,1H3,(H2,17,19). The van der Waals surface area contributed by atoms with Crippen molar-refractivity contribution in [2.75, 3.05) is 11.1 Å². The van der Waals surface area contributed by atoms with Crippen molar-refractivity contribution in [2.45, 2.75) is 17.9 Å². The van der Waals surface area contributed by atoms with Crippen LogP contribution in [-0.2, 0) is 4.79 Å². The van der Waals surface area contributed by atoms with Crippen LogP contribution in [-0.4, -0.2) is 11.7 Å². The van der Waals surface area contributed by atoms with Crippen molar-refractivity contribution < 1.29 is 4.79 Å². The van der Waals surface area contributed by atoms with Crippen LogP contribution in [0.4, 0.5) is 5.69 Å². The summed E-state index contributed by atoms with van der Waals surface area (Å²) in [6.07, 6.45) is 0. The molecule has 3 N–H and O–H groups in total. The van der Waals surface area contributed by atoms with Crippen LogP contribution in [0.3, 0.4) is 0 Å². The maximum atomic E-state index is 10.9. The third-order valence-electron chi connectivity index (χ3n) is 2.78. The molecule has 1 heterocycles. The van der Waals surface area contributed by atoms with E-state index < -0.39 is 0 Å². The van der Waals surface area contributed by atoms with E-state index in [9.17, 15) is 4.79 Å². The van der Waals surface area contributed by atoms with Crippen LogP contribution >= 0.6 is 46.3 Å². The van der Waals surface area contributed by atoms with Crippen LogP contribution in [0.2, 0.25) is 8.67 Å². The quantitative estimate of drug-likeness (QED) is 0.727. The van der Waals surface area contributed by atoms with E-state index in [0.717, 1.165) is 16.1 Å². The summed E-state index contributed by atoms with van der Waals surface area (Å²) < 4.78 is 1.35. The Balaban J connectivity index is 2.15. The smallest absolute Gasteiger partial charge is 0.227 e. The van der Waals surface area contributed by atoms with Gasteiger partial charge >= 0.3 is 0 Å². The summed E-state index contributed by atoms with van der Waals surface area (Å²) in [6, 6.07) is 9.65. The lowest BCUT2D eigenvalue weighted by Gasteiger charge is -2.17. The molecule has 21 heavy (non-hydrogen) atoms. The first-order valence-corrected chi connectivity index (χ1v) is 8.74. The highest BCUT2D eigenvalue weighted by atomic mass is 35.5. The molecule has 1 atom stereocenters. The van der Waals surface area contributed by atoms with Crippen LogP contribution in [0.1, 0.15) is 18.5 Å². The predicted octanol–water partition coefficient (Wildman–Crippen LogP) is 4.81. The van der Waals surface area contributed by atoms with Crippen LogP contribution < -0.4 is 11.1 Å². The number of thiophene rings is 1. The maximum absolute atomic E-state index is 10.9. The Morgan fingerprint density at radius 3 is 2.76 bits per heavy atom. The van der Waals surface area contributed by atoms with E-state index in [1.54, 1.807) is 0 Å². The van der Waals surface area contributed by atoms with Gasteiger partial charge in [0.05, 0.1) is 20.5 Å². The molecule has 7 heteroatoms. The number of benzene rings is 1. The van der Waals surface area contributed by atoms with Crippen molar-refractivity contribution in [3.8, 4) is 0 Å². The number of primary amides is 1. The van der Waals surface area contributed by atoms with Gasteiger partial charge in [-0.3, -0.25) is 4.79 Å². The number of thioether (sulfide) groups is 1. The van der Waals surface area contributed by atoms with Crippen molar-refractivity contribution in [1.29, 1.82) is 0 Å². The van der Waals surface area contributed by atoms with Crippen LogP contribution in [0.5, 0.6) is 0 Å². The monoisotopic (exact) mass is 360 g/mol. The van der Waals surface area contributed by atoms with Gasteiger partial charge in [0.1, 0.15) is 0 Å². The summed E-state index contributed by atoms with van der Waals surface area (Å²) in [7, 11) is 0. The Bertz CT molecular complexity index is 646. The molecule has 112 valence electrons. The number of rotatable bonds is 6. The molecule has 0 saturated heterocycles. The van der Waals surface area contributed by atoms with E-state index in [4.69, 9.17) is 28.9 Å². The van der Waals surface area contributed by atoms with Gasteiger partial charge in [-0.25, -0.2) is 0 Å². The summed E-state index contributed by atoms with van der Waals surface area (Å²) in [5.41, 5.74) is 7.09. The van der Waals surface area contributed by atoms with Gasteiger partial charge in [-0.1, -0.05) is 35.3 Å². The molecular formula is C14H14Cl2N2OS2. The van der Waals surface area contributed by atoms with Crippen LogP contribution in [0.15, 0.2) is 35.2 Å². The fraction of sp³-hybridized carbons (Fsp3) is 0.214. The Kier molecular flexibility index (Phi) is 5.81. The van der Waals surface area contributed by atoms with Crippen molar-refractivity contribution >= 4 is 57.9 Å². The van der Waals surface area contributed by atoms with Crippen molar-refractivity contribution in [1.82, 2.24) is 0 Å². The Morgan fingerprint density at radius 1 is 1.43 bits per heavy atom. The van der Waals surface area contributed by atoms with E-state index in [1.807, 2.05) is 37.3 Å². The zero-order valence-corrected chi connectivity index (χ0v) is 14.4. The van der Waals surface area contributed by atoms with E-state index in [2.05, 4.69) is 5.32 Å². The maximum Gasteiger partial charge on any atom is 0.227 e. The van der Waals surface area contributed by atoms with E-state index in [1.165, 1.54) is 23.1 Å². The zero-order chi connectivity index (χ0) is 15.4. The highest BCUT2D eigenvalue weighted by Crippen LogP contribution is 2.37. The molecule has 0 radical (unpaired) electrons. The van der Waals surface area contributed by atoms with Crippen LogP contribution in [0.25, 0.3) is 0 Å². The molecule has 2 aromatic rings. The Hall–Kier alpha value is -0.880. The summed E-state index contributed by atoms with van der Waals surface area (Å²) in [4.78, 5) is 11.9. The lowest BCUT2D eigenvalue weighted by atomic mass is 10.1. The average molecular weight is 361 g/mol. The largest absolute Gasteiger partial charge is 0.378 e. The number of carbonyl (C=O) groups excluding carboxylic acids is 1. The normalized spacial score (nSPS) is 12.1. The molecule has 1 aromatic carbocycles. The summed E-state index contributed by atoms with van der Waals surface area (Å²) in [5.74, 6) is -0.0894. The van der Waals surface area contributed by atoms with Gasteiger partial charge in [-0.2, -0.15) is 0 Å². The van der Waals surface area contributed by atoms with Crippen LogP contribution in [0, 0.1) is 0 Å². The van der Waals surface area contributed by atoms with E-state index in [0.29, 0.717) is 8.67 Å². The molecule has 0 bridgehead atoms. The molecule has 0 aliphatic rings. The molecule has 0 saturated carbocycles. The first-order valence-electron chi connectivity index (χ1n) is 6.18. The van der Waals surface area contributed by atoms with Crippen molar-refractivity contribution in [2.24, 2.45) is 5.73 Å². The molecule has 0 spiro atoms. The van der Waals surface area contributed by atoms with E-state index in [-0.39, 0.29) is 17.7 Å². The highest BCUT2D eigenvalue weighted by Gasteiger charge is 2.14. The van der Waals surface area contributed by atoms with Crippen molar-refractivity contribution in [3.63, 3.8) is 0 Å². The first kappa shape index (κ1) is 16.5. The summed E-state index contributed by atoms with van der Waals surface area (Å²) in [6.45, 7) is 2.01. The molecule has 0 aliphatic carbocycles. The third kappa shape index (κ3) is 4.54. The third-order valence-corrected chi connectivity index (χ3v) is 5.39. The number of nitrogens with two attached hydrogens (primary N) is 1. The molecule has 1 amide bonds. The molecule has 3 nitrogen and oxygen atoms in total. The Labute approximate surface area is 141 Å². The van der Waals surface area contributed by atoms with Gasteiger partial charge in [0.25, 0.3) is 0 Å². The molecular weight excluding hydrogens is 347 g/mol. The minimum Gasteiger partial charge on any atom is -0.378 e. The number of hydrogen-bond donors (Lipinski definition) is 2. The van der Waals surface area contributed by atoms with Gasteiger partial charge in [-0.15, -0.1) is 23.1 Å². The molecule has 1 aromatic heterocycles. The number of nitrogens with one attached hydrogen (secondary N) is 1. The predicted molar refractivity (Wildman–Crippen MR) is 92.7 cm³/mol. The number of anilines is 1. The van der Waals surface area contributed by atoms with Gasteiger partial charge in [0.15, 0.2) is 0 Å². The zero-order valence-electron chi connectivity index (χ0n) is 11.2. The fourth-order valence-electron chi connectivity index (χ4n) is 1.82. The number of carbonyl (C=O) groups is 1. The van der Waals surface area contributed by atoms with Crippen molar-refractivity contribution in [3.05, 3.63) is 44.6 Å². The molecule has 0 aliphatic heterocycles. The second kappa shape index (κ2) is 7.40.